The number of piperidine rings is 2. The van der Waals surface area contributed by atoms with E-state index in [9.17, 15) is 9.59 Å². The number of hydrogen-bond acceptors (Lipinski definition) is 3. The van der Waals surface area contributed by atoms with Crippen LogP contribution in [0.2, 0.25) is 0 Å². The van der Waals surface area contributed by atoms with Crippen LogP contribution in [0.4, 0.5) is 0 Å². The molecule has 1 aliphatic carbocycles. The van der Waals surface area contributed by atoms with E-state index >= 15 is 0 Å². The summed E-state index contributed by atoms with van der Waals surface area (Å²) in [7, 11) is 0. The highest BCUT2D eigenvalue weighted by Crippen LogP contribution is 2.29. The first-order valence-corrected chi connectivity index (χ1v) is 4.05. The molecule has 1 N–H and O–H groups in total. The van der Waals surface area contributed by atoms with E-state index in [1.807, 2.05) is 0 Å². The number of fused-ring (bicyclic) bond motifs is 3. The smallest absolute Gasteiger partial charge is 0.150 e. The Labute approximate surface area is 65.2 Å². The summed E-state index contributed by atoms with van der Waals surface area (Å²) >= 11 is 0. The van der Waals surface area contributed by atoms with Gasteiger partial charge in [0.15, 0.2) is 0 Å². The molecule has 3 aliphatic rings. The molecule has 2 heterocycles. The molecule has 2 aliphatic heterocycles. The second-order valence-corrected chi connectivity index (χ2v) is 3.39. The predicted molar refractivity (Wildman–Crippen MR) is 39.1 cm³/mol. The van der Waals surface area contributed by atoms with E-state index in [1.165, 1.54) is 0 Å². The van der Waals surface area contributed by atoms with Crippen molar-refractivity contribution in [2.75, 3.05) is 0 Å². The molecule has 3 rings (SSSR count). The molecule has 11 heavy (non-hydrogen) atoms. The van der Waals surface area contributed by atoms with Crippen LogP contribution in [0, 0.1) is 5.92 Å². The van der Waals surface area contributed by atoms with Crippen LogP contribution in [-0.2, 0) is 9.59 Å². The fourth-order valence-electron chi connectivity index (χ4n) is 2.05. The lowest BCUT2D eigenvalue weighted by Gasteiger charge is -2.39. The van der Waals surface area contributed by atoms with E-state index in [2.05, 4.69) is 5.32 Å². The third kappa shape index (κ3) is 0.997. The number of nitrogens with one attached hydrogen (secondary N) is 1. The normalized spacial score (nSPS) is 42.5. The van der Waals surface area contributed by atoms with Crippen LogP contribution in [0.1, 0.15) is 19.3 Å². The van der Waals surface area contributed by atoms with Gasteiger partial charge in [-0.05, 0) is 18.8 Å². The van der Waals surface area contributed by atoms with Crippen LogP contribution >= 0.6 is 0 Å². The first-order chi connectivity index (χ1) is 5.31. The van der Waals surface area contributed by atoms with Crippen molar-refractivity contribution in [2.24, 2.45) is 5.92 Å². The van der Waals surface area contributed by atoms with Crippen LogP contribution in [0.25, 0.3) is 0 Å². The van der Waals surface area contributed by atoms with Gasteiger partial charge in [0.2, 0.25) is 0 Å². The van der Waals surface area contributed by atoms with E-state index in [-0.39, 0.29) is 18.0 Å². The van der Waals surface area contributed by atoms with E-state index in [0.29, 0.717) is 12.2 Å². The molecule has 0 spiro atoms. The summed E-state index contributed by atoms with van der Waals surface area (Å²) in [5.41, 5.74) is 0. The fourth-order valence-corrected chi connectivity index (χ4v) is 2.05. The zero-order chi connectivity index (χ0) is 7.84. The molecule has 0 aromatic carbocycles. The van der Waals surface area contributed by atoms with Crippen LogP contribution in [0.3, 0.4) is 0 Å². The predicted octanol–water partition coefficient (Wildman–Crippen LogP) is -0.105. The molecule has 0 radical (unpaired) electrons. The first kappa shape index (κ1) is 6.98. The van der Waals surface area contributed by atoms with Gasteiger partial charge < -0.3 is 4.79 Å². The molecule has 2 bridgehead atoms. The minimum absolute atomic E-state index is 0.0183. The Morgan fingerprint density at radius 2 is 2.27 bits per heavy atom. The van der Waals surface area contributed by atoms with Crippen molar-refractivity contribution in [2.45, 2.75) is 31.3 Å². The summed E-state index contributed by atoms with van der Waals surface area (Å²) in [6, 6.07) is -0.0679. The molecule has 2 saturated heterocycles. The molecule has 3 heteroatoms. The summed E-state index contributed by atoms with van der Waals surface area (Å²) in [6.45, 7) is 0. The lowest BCUT2D eigenvalue weighted by Crippen LogP contribution is -2.57. The van der Waals surface area contributed by atoms with Crippen molar-refractivity contribution in [3.05, 3.63) is 0 Å². The van der Waals surface area contributed by atoms with Crippen molar-refractivity contribution in [3.8, 4) is 0 Å². The Morgan fingerprint density at radius 1 is 1.45 bits per heavy atom. The van der Waals surface area contributed by atoms with Gasteiger partial charge in [0.05, 0.1) is 12.1 Å². The Balaban J connectivity index is 2.15. The van der Waals surface area contributed by atoms with Gasteiger partial charge in [-0.3, -0.25) is 10.1 Å². The lowest BCUT2D eigenvalue weighted by molar-refractivity contribution is -0.129. The Hall–Kier alpha value is -0.700. The molecule has 60 valence electrons. The maximum absolute atomic E-state index is 11.1. The summed E-state index contributed by atoms with van der Waals surface area (Å²) in [5, 5.41) is 3.03. The Bertz CT molecular complexity index is 202. The monoisotopic (exact) mass is 153 g/mol. The van der Waals surface area contributed by atoms with Crippen LogP contribution in [-0.4, -0.2) is 24.2 Å². The summed E-state index contributed by atoms with van der Waals surface area (Å²) in [5.74, 6) is 0.573. The lowest BCUT2D eigenvalue weighted by atomic mass is 9.76. The van der Waals surface area contributed by atoms with Gasteiger partial charge in [0.25, 0.3) is 0 Å². The molecule has 0 unspecified atom stereocenters. The van der Waals surface area contributed by atoms with Crippen LogP contribution in [0.15, 0.2) is 0 Å². The second kappa shape index (κ2) is 2.41. The summed E-state index contributed by atoms with van der Waals surface area (Å²) < 4.78 is 0. The summed E-state index contributed by atoms with van der Waals surface area (Å²) in [4.78, 5) is 21.6. The number of carbonyl (C=O) groups excluding carboxylic acids is 2. The molecule has 0 amide bonds. The summed E-state index contributed by atoms with van der Waals surface area (Å²) in [6.07, 6.45) is 3.50. The van der Waals surface area contributed by atoms with Crippen LogP contribution in [0.5, 0.6) is 0 Å². The van der Waals surface area contributed by atoms with E-state index < -0.39 is 0 Å². The quantitative estimate of drug-likeness (QED) is 0.535. The molecule has 1 saturated carbocycles. The zero-order valence-corrected chi connectivity index (χ0v) is 6.25. The van der Waals surface area contributed by atoms with E-state index in [4.69, 9.17) is 0 Å². The van der Waals surface area contributed by atoms with Crippen molar-refractivity contribution in [3.63, 3.8) is 0 Å². The molecular formula is C8H11NO2. The fraction of sp³-hybridized carbons (Fsp3) is 0.750. The minimum Gasteiger partial charge on any atom is -0.302 e. The largest absolute Gasteiger partial charge is 0.302 e. The van der Waals surface area contributed by atoms with Gasteiger partial charge in [-0.25, -0.2) is 0 Å². The number of hydrogen-bond donors (Lipinski definition) is 1. The molecule has 3 nitrogen and oxygen atoms in total. The minimum atomic E-state index is -0.0496. The van der Waals surface area contributed by atoms with Gasteiger partial charge >= 0.3 is 0 Å². The SMILES string of the molecule is O=C[C@H]1N[C@H]2CC[C@@H]1CC2=O. The topological polar surface area (TPSA) is 46.2 Å². The average molecular weight is 153 g/mol. The molecule has 0 aromatic heterocycles. The standard InChI is InChI=1S/C8H11NO2/c10-4-7-5-1-2-6(9-7)8(11)3-5/h4-7,9H,1-3H2/t5-,6+,7-/m1/s1. The Kier molecular flexibility index (Phi) is 1.53. The highest BCUT2D eigenvalue weighted by atomic mass is 16.1. The first-order valence-electron chi connectivity index (χ1n) is 4.05. The molecule has 0 aromatic rings. The van der Waals surface area contributed by atoms with Gasteiger partial charge in [-0.1, -0.05) is 0 Å². The zero-order valence-electron chi connectivity index (χ0n) is 6.25. The third-order valence-electron chi connectivity index (χ3n) is 2.73. The Morgan fingerprint density at radius 3 is 2.73 bits per heavy atom. The maximum atomic E-state index is 11.1. The number of rotatable bonds is 1. The second-order valence-electron chi connectivity index (χ2n) is 3.39. The number of carbonyl (C=O) groups is 2. The van der Waals surface area contributed by atoms with Crippen molar-refractivity contribution >= 4 is 12.1 Å². The van der Waals surface area contributed by atoms with Crippen molar-refractivity contribution < 1.29 is 9.59 Å². The molecule has 3 fully saturated rings. The number of Topliss-reactive ketones (excluding diaryl/α,β-unsaturated/α-hetero) is 1. The van der Waals surface area contributed by atoms with Gasteiger partial charge in [0, 0.05) is 6.42 Å². The van der Waals surface area contributed by atoms with Gasteiger partial charge in [-0.2, -0.15) is 0 Å². The number of ketones is 1. The highest BCUT2D eigenvalue weighted by molar-refractivity contribution is 5.87. The van der Waals surface area contributed by atoms with Gasteiger partial charge in [0.1, 0.15) is 12.1 Å². The highest BCUT2D eigenvalue weighted by Gasteiger charge is 2.39. The number of aldehydes is 1. The third-order valence-corrected chi connectivity index (χ3v) is 2.73. The van der Waals surface area contributed by atoms with Crippen LogP contribution < -0.4 is 5.32 Å². The average Bonchev–Trinajstić information content (AvgIpc) is 2.05. The molecular weight excluding hydrogens is 142 g/mol. The van der Waals surface area contributed by atoms with Crippen molar-refractivity contribution in [1.82, 2.24) is 5.32 Å². The maximum Gasteiger partial charge on any atom is 0.150 e. The molecule has 3 atom stereocenters. The van der Waals surface area contributed by atoms with E-state index in [1.54, 1.807) is 0 Å². The van der Waals surface area contributed by atoms with Crippen molar-refractivity contribution in [1.29, 1.82) is 0 Å². The van der Waals surface area contributed by atoms with E-state index in [0.717, 1.165) is 19.1 Å². The van der Waals surface area contributed by atoms with Gasteiger partial charge in [-0.15, -0.1) is 0 Å².